The van der Waals surface area contributed by atoms with Gasteiger partial charge in [-0.1, -0.05) is 59.3 Å². The molecule has 0 aromatic heterocycles. The van der Waals surface area contributed by atoms with Crippen LogP contribution >= 0.6 is 0 Å². The zero-order chi connectivity index (χ0) is 14.3. The quantitative estimate of drug-likeness (QED) is 0.634. The molecule has 3 atom stereocenters. The second-order valence-corrected chi connectivity index (χ2v) is 6.28. The normalized spacial score (nSPS) is 29.2. The Morgan fingerprint density at radius 2 is 2.11 bits per heavy atom. The van der Waals surface area contributed by atoms with Crippen LogP contribution in [0.4, 0.5) is 0 Å². The van der Waals surface area contributed by atoms with E-state index in [4.69, 9.17) is 4.74 Å². The lowest BCUT2D eigenvalue weighted by Gasteiger charge is -2.40. The Labute approximate surface area is 119 Å². The second kappa shape index (κ2) is 8.04. The highest BCUT2D eigenvalue weighted by Crippen LogP contribution is 2.39. The van der Waals surface area contributed by atoms with Gasteiger partial charge >= 0.3 is 0 Å². The molecule has 1 fully saturated rings. The van der Waals surface area contributed by atoms with Gasteiger partial charge in [0.05, 0.1) is 0 Å². The Hall–Kier alpha value is -0.370. The van der Waals surface area contributed by atoms with Crippen molar-refractivity contribution in [2.24, 2.45) is 11.8 Å². The number of carbonyl (C=O) groups is 1. The van der Waals surface area contributed by atoms with E-state index in [9.17, 15) is 4.79 Å². The smallest absolute Gasteiger partial charge is 0.165 e. The van der Waals surface area contributed by atoms with E-state index in [1.807, 2.05) is 0 Å². The molecule has 0 amide bonds. The minimum absolute atomic E-state index is 0.366. The van der Waals surface area contributed by atoms with E-state index in [-0.39, 0.29) is 0 Å². The van der Waals surface area contributed by atoms with Crippen molar-refractivity contribution in [2.45, 2.75) is 84.2 Å². The van der Waals surface area contributed by atoms with E-state index in [1.54, 1.807) is 7.11 Å². The van der Waals surface area contributed by atoms with Gasteiger partial charge < -0.3 is 4.74 Å². The summed E-state index contributed by atoms with van der Waals surface area (Å²) in [5.41, 5.74) is -0.474. The number of hydrogen-bond acceptors (Lipinski definition) is 2. The SMILES string of the molecule is CCCCC(CC)CC(=O)C1(OC)CCCCC1C. The van der Waals surface area contributed by atoms with Crippen molar-refractivity contribution in [1.29, 1.82) is 0 Å². The van der Waals surface area contributed by atoms with Crippen LogP contribution in [0.25, 0.3) is 0 Å². The number of carbonyl (C=O) groups excluding carboxylic acids is 1. The lowest BCUT2D eigenvalue weighted by atomic mass is 9.71. The fraction of sp³-hybridized carbons (Fsp3) is 0.941. The van der Waals surface area contributed by atoms with Gasteiger partial charge in [-0.2, -0.15) is 0 Å². The van der Waals surface area contributed by atoms with E-state index in [1.165, 1.54) is 25.7 Å². The van der Waals surface area contributed by atoms with Gasteiger partial charge in [0.1, 0.15) is 5.60 Å². The number of Topliss-reactive ketones (excluding diaryl/α,β-unsaturated/α-hetero) is 1. The predicted octanol–water partition coefficient (Wildman–Crippen LogP) is 4.76. The van der Waals surface area contributed by atoms with E-state index in [0.29, 0.717) is 24.0 Å². The minimum Gasteiger partial charge on any atom is -0.370 e. The van der Waals surface area contributed by atoms with E-state index in [0.717, 1.165) is 25.7 Å². The Bertz CT molecular complexity index is 274. The molecule has 0 aromatic carbocycles. The third kappa shape index (κ3) is 4.05. The molecule has 1 saturated carbocycles. The molecule has 0 aromatic rings. The van der Waals surface area contributed by atoms with Crippen molar-refractivity contribution < 1.29 is 9.53 Å². The Kier molecular flexibility index (Phi) is 7.06. The van der Waals surface area contributed by atoms with Gasteiger partial charge in [-0.15, -0.1) is 0 Å². The molecule has 1 aliphatic carbocycles. The summed E-state index contributed by atoms with van der Waals surface area (Å²) in [5, 5.41) is 0. The molecule has 1 aliphatic rings. The monoisotopic (exact) mass is 268 g/mol. The largest absolute Gasteiger partial charge is 0.370 e. The topological polar surface area (TPSA) is 26.3 Å². The molecule has 3 unspecified atom stereocenters. The standard InChI is InChI=1S/C17H32O2/c1-5-7-11-15(6-2)13-16(18)17(19-4)12-9-8-10-14(17)3/h14-15H,5-13H2,1-4H3. The summed E-state index contributed by atoms with van der Waals surface area (Å²) in [4.78, 5) is 12.8. The zero-order valence-corrected chi connectivity index (χ0v) is 13.3. The van der Waals surface area contributed by atoms with Crippen LogP contribution < -0.4 is 0 Å². The molecule has 0 heterocycles. The zero-order valence-electron chi connectivity index (χ0n) is 13.3. The highest BCUT2D eigenvalue weighted by atomic mass is 16.5. The first-order valence-corrected chi connectivity index (χ1v) is 8.19. The number of rotatable bonds is 8. The van der Waals surface area contributed by atoms with Gasteiger partial charge in [0.25, 0.3) is 0 Å². The van der Waals surface area contributed by atoms with Crippen LogP contribution in [-0.2, 0) is 9.53 Å². The van der Waals surface area contributed by atoms with Crippen molar-refractivity contribution in [3.8, 4) is 0 Å². The van der Waals surface area contributed by atoms with Crippen LogP contribution in [0.3, 0.4) is 0 Å². The Morgan fingerprint density at radius 1 is 1.37 bits per heavy atom. The van der Waals surface area contributed by atoms with Crippen LogP contribution in [0, 0.1) is 11.8 Å². The maximum absolute atomic E-state index is 12.8. The molecule has 0 aliphatic heterocycles. The second-order valence-electron chi connectivity index (χ2n) is 6.28. The van der Waals surface area contributed by atoms with Crippen molar-refractivity contribution in [3.05, 3.63) is 0 Å². The molecular weight excluding hydrogens is 236 g/mol. The molecule has 1 rings (SSSR count). The number of methoxy groups -OCH3 is 1. The number of unbranched alkanes of at least 4 members (excludes halogenated alkanes) is 1. The number of hydrogen-bond donors (Lipinski definition) is 0. The summed E-state index contributed by atoms with van der Waals surface area (Å²) < 4.78 is 5.75. The summed E-state index contributed by atoms with van der Waals surface area (Å²) in [6.45, 7) is 6.61. The van der Waals surface area contributed by atoms with Crippen molar-refractivity contribution in [2.75, 3.05) is 7.11 Å². The minimum atomic E-state index is -0.474. The number of ketones is 1. The van der Waals surface area contributed by atoms with Crippen LogP contribution in [-0.4, -0.2) is 18.5 Å². The predicted molar refractivity (Wildman–Crippen MR) is 80.3 cm³/mol. The number of ether oxygens (including phenoxy) is 1. The van der Waals surface area contributed by atoms with Gasteiger partial charge in [0.15, 0.2) is 5.78 Å². The highest BCUT2D eigenvalue weighted by molar-refractivity contribution is 5.88. The maximum Gasteiger partial charge on any atom is 0.165 e. The van der Waals surface area contributed by atoms with Crippen molar-refractivity contribution >= 4 is 5.78 Å². The third-order valence-corrected chi connectivity index (χ3v) is 5.08. The summed E-state index contributed by atoms with van der Waals surface area (Å²) in [5.74, 6) is 1.29. The highest BCUT2D eigenvalue weighted by Gasteiger charge is 2.44. The Balaban J connectivity index is 2.66. The summed E-state index contributed by atoms with van der Waals surface area (Å²) in [7, 11) is 1.73. The van der Waals surface area contributed by atoms with E-state index in [2.05, 4.69) is 20.8 Å². The maximum atomic E-state index is 12.8. The molecular formula is C17H32O2. The lowest BCUT2D eigenvalue weighted by Crippen LogP contribution is -2.49. The summed E-state index contributed by atoms with van der Waals surface area (Å²) in [6.07, 6.45) is 9.90. The van der Waals surface area contributed by atoms with E-state index < -0.39 is 5.60 Å². The fourth-order valence-electron chi connectivity index (χ4n) is 3.53. The van der Waals surface area contributed by atoms with Gasteiger partial charge in [-0.05, 0) is 24.7 Å². The van der Waals surface area contributed by atoms with Gasteiger partial charge in [0.2, 0.25) is 0 Å². The fourth-order valence-corrected chi connectivity index (χ4v) is 3.53. The molecule has 2 heteroatoms. The van der Waals surface area contributed by atoms with Gasteiger partial charge in [-0.3, -0.25) is 4.79 Å². The van der Waals surface area contributed by atoms with Crippen LogP contribution in [0.1, 0.15) is 78.6 Å². The summed E-state index contributed by atoms with van der Waals surface area (Å²) >= 11 is 0. The van der Waals surface area contributed by atoms with Crippen molar-refractivity contribution in [3.63, 3.8) is 0 Å². The summed E-state index contributed by atoms with van der Waals surface area (Å²) in [6, 6.07) is 0. The first kappa shape index (κ1) is 16.7. The molecule has 19 heavy (non-hydrogen) atoms. The average Bonchev–Trinajstić information content (AvgIpc) is 2.43. The molecule has 112 valence electrons. The van der Waals surface area contributed by atoms with Crippen LogP contribution in [0.5, 0.6) is 0 Å². The molecule has 0 N–H and O–H groups in total. The van der Waals surface area contributed by atoms with Crippen LogP contribution in [0.2, 0.25) is 0 Å². The van der Waals surface area contributed by atoms with Crippen LogP contribution in [0.15, 0.2) is 0 Å². The van der Waals surface area contributed by atoms with Crippen molar-refractivity contribution in [1.82, 2.24) is 0 Å². The average molecular weight is 268 g/mol. The van der Waals surface area contributed by atoms with Gasteiger partial charge in [-0.25, -0.2) is 0 Å². The first-order valence-electron chi connectivity index (χ1n) is 8.19. The first-order chi connectivity index (χ1) is 9.10. The molecule has 2 nitrogen and oxygen atoms in total. The molecule has 0 spiro atoms. The Morgan fingerprint density at radius 3 is 2.63 bits per heavy atom. The van der Waals surface area contributed by atoms with Gasteiger partial charge in [0, 0.05) is 13.5 Å². The lowest BCUT2D eigenvalue weighted by molar-refractivity contribution is -0.153. The third-order valence-electron chi connectivity index (χ3n) is 5.08. The molecule has 0 bridgehead atoms. The molecule has 0 saturated heterocycles. The van der Waals surface area contributed by atoms with E-state index >= 15 is 0 Å². The molecule has 0 radical (unpaired) electrons.